The fraction of sp³-hybridized carbons (Fsp3) is 0.100. The summed E-state index contributed by atoms with van der Waals surface area (Å²) in [4.78, 5) is 0.919. The molecule has 0 bridgehead atoms. The van der Waals surface area contributed by atoms with Crippen LogP contribution in [0.25, 0.3) is 0 Å². The molecule has 0 spiro atoms. The lowest BCUT2D eigenvalue weighted by atomic mass is 9.79. The Morgan fingerprint density at radius 1 is 0.750 bits per heavy atom. The van der Waals surface area contributed by atoms with Crippen molar-refractivity contribution in [1.29, 1.82) is 0 Å². The summed E-state index contributed by atoms with van der Waals surface area (Å²) in [6.07, 6.45) is 1.82. The van der Waals surface area contributed by atoms with Gasteiger partial charge in [-0.15, -0.1) is 0 Å². The first-order valence-electron chi connectivity index (χ1n) is 8.73. The van der Waals surface area contributed by atoms with Crippen molar-refractivity contribution in [3.8, 4) is 0 Å². The van der Waals surface area contributed by atoms with Crippen molar-refractivity contribution in [3.63, 3.8) is 0 Å². The first-order chi connectivity index (χ1) is 14.8. The van der Waals surface area contributed by atoms with Crippen LogP contribution in [0.1, 0.15) is 5.56 Å². The third-order valence-corrected chi connectivity index (χ3v) is 6.85. The van der Waals surface area contributed by atoms with Gasteiger partial charge in [0.2, 0.25) is 0 Å². The third kappa shape index (κ3) is 6.19. The number of halogens is 9. The molecule has 1 nitrogen and oxygen atoms in total. The van der Waals surface area contributed by atoms with Gasteiger partial charge in [0, 0.05) is 10.0 Å². The zero-order valence-electron chi connectivity index (χ0n) is 16.2. The predicted molar refractivity (Wildman–Crippen MR) is 111 cm³/mol. The van der Waals surface area contributed by atoms with Gasteiger partial charge >= 0.3 is 6.98 Å². The summed E-state index contributed by atoms with van der Waals surface area (Å²) in [6.45, 7) is -6.30. The highest BCUT2D eigenvalue weighted by Gasteiger charge is 2.37. The van der Waals surface area contributed by atoms with E-state index in [1.54, 1.807) is 0 Å². The maximum Gasteiger partial charge on any atom is 0.515 e. The smallest absolute Gasteiger partial charge is 0.445 e. The number of rotatable bonds is 4. The van der Waals surface area contributed by atoms with Crippen molar-refractivity contribution < 1.29 is 39.1 Å². The van der Waals surface area contributed by atoms with Gasteiger partial charge in [-0.3, -0.25) is 0 Å². The molecule has 0 amide bonds. The Labute approximate surface area is 188 Å². The quantitative estimate of drug-likeness (QED) is 0.119. The highest BCUT2D eigenvalue weighted by atomic mass is 79.9. The molecule has 0 aliphatic heterocycles. The van der Waals surface area contributed by atoms with Crippen molar-refractivity contribution in [1.82, 2.24) is 0 Å². The van der Waals surface area contributed by atoms with E-state index < -0.39 is 51.5 Å². The molecule has 0 radical (unpaired) electrons. The largest absolute Gasteiger partial charge is 0.515 e. The van der Waals surface area contributed by atoms with E-state index in [-0.39, 0.29) is 0 Å². The van der Waals surface area contributed by atoms with Crippen LogP contribution in [0.2, 0.25) is 0 Å². The van der Waals surface area contributed by atoms with Gasteiger partial charge in [-0.2, -0.15) is 0 Å². The first-order valence-corrected chi connectivity index (χ1v) is 11.7. The van der Waals surface area contributed by atoms with Crippen LogP contribution < -0.4 is 5.46 Å². The van der Waals surface area contributed by atoms with Crippen LogP contribution in [-0.2, 0) is 19.9 Å². The van der Waals surface area contributed by atoms with Gasteiger partial charge in [0.1, 0.15) is 33.6 Å². The van der Waals surface area contributed by atoms with E-state index in [2.05, 4.69) is 15.9 Å². The Hall–Kier alpha value is -2.21. The maximum atomic E-state index is 12.6. The SMILES string of the molecule is C[S+](=O)(Cc1ccc(Br)cc1)c1ccccc1.Fc1c(F)c(F)c([B-](F)(F)F)c(F)c1F. The number of hydrogen-bond acceptors (Lipinski definition) is 1. The van der Waals surface area contributed by atoms with Crippen molar-refractivity contribution in [2.75, 3.05) is 6.26 Å². The summed E-state index contributed by atoms with van der Waals surface area (Å²) in [5, 5.41) is 0. The molecule has 3 aromatic rings. The zero-order valence-corrected chi connectivity index (χ0v) is 18.6. The van der Waals surface area contributed by atoms with E-state index in [9.17, 15) is 39.1 Å². The molecule has 3 rings (SSSR count). The second kappa shape index (κ2) is 10.2. The first kappa shape index (κ1) is 26.1. The van der Waals surface area contributed by atoms with E-state index in [1.165, 1.54) is 0 Å². The fourth-order valence-corrected chi connectivity index (χ4v) is 4.59. The van der Waals surface area contributed by atoms with Crippen LogP contribution in [0.15, 0.2) is 64.0 Å². The molecule has 0 saturated heterocycles. The molecule has 172 valence electrons. The minimum atomic E-state index is -6.30. The van der Waals surface area contributed by atoms with E-state index in [0.29, 0.717) is 5.75 Å². The van der Waals surface area contributed by atoms with E-state index in [0.717, 1.165) is 14.9 Å². The zero-order chi connectivity index (χ0) is 24.3. The minimum Gasteiger partial charge on any atom is -0.445 e. The highest BCUT2D eigenvalue weighted by molar-refractivity contribution is 9.10. The Kier molecular flexibility index (Phi) is 8.27. The molecule has 32 heavy (non-hydrogen) atoms. The predicted octanol–water partition coefficient (Wildman–Crippen LogP) is 6.57. The second-order valence-electron chi connectivity index (χ2n) is 6.65. The van der Waals surface area contributed by atoms with E-state index in [1.807, 2.05) is 60.9 Å². The third-order valence-electron chi connectivity index (χ3n) is 4.17. The number of hydrogen-bond donors (Lipinski definition) is 0. The van der Waals surface area contributed by atoms with Crippen molar-refractivity contribution in [3.05, 3.63) is 93.7 Å². The summed E-state index contributed by atoms with van der Waals surface area (Å²) >= 11 is 3.40. The summed E-state index contributed by atoms with van der Waals surface area (Å²) in [5.74, 6) is -13.0. The Bertz CT molecular complexity index is 1110. The lowest BCUT2D eigenvalue weighted by Gasteiger charge is -2.17. The van der Waals surface area contributed by atoms with Gasteiger partial charge in [0.05, 0.1) is 0 Å². The Balaban J connectivity index is 0.000000229. The molecule has 0 aliphatic rings. The molecule has 0 aliphatic carbocycles. The van der Waals surface area contributed by atoms with E-state index in [4.69, 9.17) is 0 Å². The van der Waals surface area contributed by atoms with Crippen LogP contribution in [0.4, 0.5) is 34.9 Å². The van der Waals surface area contributed by atoms with E-state index >= 15 is 0 Å². The topological polar surface area (TPSA) is 17.1 Å². The van der Waals surface area contributed by atoms with Crippen LogP contribution in [-0.4, -0.2) is 13.2 Å². The summed E-state index contributed by atoms with van der Waals surface area (Å²) < 4.78 is 111. The number of benzene rings is 3. The Morgan fingerprint density at radius 2 is 1.19 bits per heavy atom. The molecular weight excluding hydrogens is 531 g/mol. The molecule has 0 aromatic heterocycles. The summed E-state index contributed by atoms with van der Waals surface area (Å²) in [6, 6.07) is 17.7. The van der Waals surface area contributed by atoms with Gasteiger partial charge in [-0.25, -0.2) is 22.0 Å². The summed E-state index contributed by atoms with van der Waals surface area (Å²) in [5.41, 5.74) is -1.63. The van der Waals surface area contributed by atoms with Crippen LogP contribution >= 0.6 is 15.9 Å². The second-order valence-corrected chi connectivity index (χ2v) is 10.3. The standard InChI is InChI=1S/C14H14BrOS.C6BF8/c1-17(16,14-5-3-2-4-6-14)11-12-7-9-13(15)10-8-12;8-2-1(7(13,14)15)3(9)5(11)6(12)4(2)10/h2-10H,11H2,1H3;/q+1;-1. The van der Waals surface area contributed by atoms with Crippen molar-refractivity contribution in [2.24, 2.45) is 0 Å². The lowest BCUT2D eigenvalue weighted by Crippen LogP contribution is -2.41. The minimum absolute atomic E-state index is 0.588. The van der Waals surface area contributed by atoms with Gasteiger partial charge in [-0.1, -0.05) is 50.5 Å². The normalized spacial score (nSPS) is 13.2. The van der Waals surface area contributed by atoms with Gasteiger partial charge in [-0.05, 0) is 29.7 Å². The molecule has 1 unspecified atom stereocenters. The molecule has 1 atom stereocenters. The van der Waals surface area contributed by atoms with Crippen LogP contribution in [0, 0.1) is 29.1 Å². The summed E-state index contributed by atoms with van der Waals surface area (Å²) in [7, 11) is -1.99. The Morgan fingerprint density at radius 3 is 1.62 bits per heavy atom. The van der Waals surface area contributed by atoms with Crippen molar-refractivity contribution in [2.45, 2.75) is 10.6 Å². The maximum absolute atomic E-state index is 12.6. The molecular formula is C20H14BBrF8OS. The fourth-order valence-electron chi connectivity index (χ4n) is 2.60. The molecule has 0 saturated carbocycles. The van der Waals surface area contributed by atoms with Crippen molar-refractivity contribution >= 4 is 38.3 Å². The average Bonchev–Trinajstić information content (AvgIpc) is 2.72. The molecule has 3 aromatic carbocycles. The molecule has 0 fully saturated rings. The van der Waals surface area contributed by atoms with Gasteiger partial charge in [0.15, 0.2) is 22.3 Å². The molecule has 0 N–H and O–H groups in total. The average molecular weight is 545 g/mol. The highest BCUT2D eigenvalue weighted by Crippen LogP contribution is 2.23. The van der Waals surface area contributed by atoms with Gasteiger partial charge < -0.3 is 12.9 Å². The van der Waals surface area contributed by atoms with Crippen LogP contribution in [0.3, 0.4) is 0 Å². The molecule has 12 heteroatoms. The van der Waals surface area contributed by atoms with Crippen LogP contribution in [0.5, 0.6) is 0 Å². The van der Waals surface area contributed by atoms with Gasteiger partial charge in [0.25, 0.3) is 0 Å². The lowest BCUT2D eigenvalue weighted by molar-refractivity contribution is 0.377. The molecule has 0 heterocycles. The monoisotopic (exact) mass is 544 g/mol.